The molecule has 0 saturated carbocycles. The maximum absolute atomic E-state index is 10.1. The summed E-state index contributed by atoms with van der Waals surface area (Å²) in [6.45, 7) is 3.91. The summed E-state index contributed by atoms with van der Waals surface area (Å²) in [4.78, 5) is 0. The zero-order valence-electron chi connectivity index (χ0n) is 13.0. The Balaban J connectivity index is 1.61. The minimum Gasteiger partial charge on any atom is -0.390 e. The van der Waals surface area contributed by atoms with Crippen LogP contribution in [0.25, 0.3) is 0 Å². The molecule has 1 N–H and O–H groups in total. The van der Waals surface area contributed by atoms with Gasteiger partial charge in [0.2, 0.25) is 0 Å². The fraction of sp³-hybridized carbons (Fsp3) is 0.368. The summed E-state index contributed by atoms with van der Waals surface area (Å²) in [5, 5.41) is 10.1. The molecule has 0 aliphatic carbocycles. The quantitative estimate of drug-likeness (QED) is 0.771. The van der Waals surface area contributed by atoms with Gasteiger partial charge in [-0.3, -0.25) is 0 Å². The van der Waals surface area contributed by atoms with Gasteiger partial charge < -0.3 is 14.6 Å². The first-order chi connectivity index (χ1) is 10.8. The lowest BCUT2D eigenvalue weighted by atomic mass is 10.1. The van der Waals surface area contributed by atoms with Crippen LogP contribution in [-0.4, -0.2) is 24.4 Å². The second-order valence-corrected chi connectivity index (χ2v) is 5.55. The summed E-state index contributed by atoms with van der Waals surface area (Å²) < 4.78 is 11.2. The molecule has 0 saturated heterocycles. The highest BCUT2D eigenvalue weighted by molar-refractivity contribution is 5.14. The van der Waals surface area contributed by atoms with Crippen molar-refractivity contribution in [3.63, 3.8) is 0 Å². The molecule has 3 nitrogen and oxygen atoms in total. The minimum atomic E-state index is -0.514. The Kier molecular flexibility index (Phi) is 7.10. The Morgan fingerprint density at radius 3 is 1.73 bits per heavy atom. The normalized spacial score (nSPS) is 13.7. The lowest BCUT2D eigenvalue weighted by Gasteiger charge is -2.19. The highest BCUT2D eigenvalue weighted by Gasteiger charge is 2.14. The van der Waals surface area contributed by atoms with E-state index >= 15 is 0 Å². The van der Waals surface area contributed by atoms with Crippen molar-refractivity contribution in [1.29, 1.82) is 0 Å². The van der Waals surface area contributed by atoms with E-state index in [1.165, 1.54) is 0 Å². The molecular formula is C19H24O3. The Labute approximate surface area is 132 Å². The first kappa shape index (κ1) is 16.7. The molecule has 0 aromatic heterocycles. The van der Waals surface area contributed by atoms with Gasteiger partial charge in [0.05, 0.1) is 32.5 Å². The predicted molar refractivity (Wildman–Crippen MR) is 87.4 cm³/mol. The van der Waals surface area contributed by atoms with Crippen molar-refractivity contribution >= 4 is 0 Å². The van der Waals surface area contributed by atoms with Crippen LogP contribution in [0.5, 0.6) is 0 Å². The largest absolute Gasteiger partial charge is 0.390 e. The second kappa shape index (κ2) is 9.36. The molecule has 0 aliphatic heterocycles. The predicted octanol–water partition coefficient (Wildman–Crippen LogP) is 3.42. The van der Waals surface area contributed by atoms with Crippen molar-refractivity contribution in [1.82, 2.24) is 0 Å². The van der Waals surface area contributed by atoms with Gasteiger partial charge in [-0.1, -0.05) is 67.6 Å². The van der Waals surface area contributed by atoms with Crippen molar-refractivity contribution < 1.29 is 14.6 Å². The number of hydrogen-bond acceptors (Lipinski definition) is 3. The Hall–Kier alpha value is -1.68. The monoisotopic (exact) mass is 300 g/mol. The van der Waals surface area contributed by atoms with Gasteiger partial charge in [-0.25, -0.2) is 0 Å². The fourth-order valence-electron chi connectivity index (χ4n) is 2.08. The number of rotatable bonds is 9. The molecule has 0 bridgehead atoms. The average molecular weight is 300 g/mol. The SMILES string of the molecule is C[C@H](COCc1ccccc1)[C@@H](O)COCc1ccccc1. The Bertz CT molecular complexity index is 463. The molecule has 2 aromatic rings. The maximum atomic E-state index is 10.1. The van der Waals surface area contributed by atoms with Crippen LogP contribution in [0.3, 0.4) is 0 Å². The number of hydrogen-bond donors (Lipinski definition) is 1. The Morgan fingerprint density at radius 1 is 0.773 bits per heavy atom. The van der Waals surface area contributed by atoms with Crippen molar-refractivity contribution in [3.05, 3.63) is 71.8 Å². The molecular weight excluding hydrogens is 276 g/mol. The summed E-state index contributed by atoms with van der Waals surface area (Å²) >= 11 is 0. The van der Waals surface area contributed by atoms with Gasteiger partial charge in [0.15, 0.2) is 0 Å². The summed E-state index contributed by atoms with van der Waals surface area (Å²) in [5.74, 6) is 0.0412. The zero-order chi connectivity index (χ0) is 15.6. The van der Waals surface area contributed by atoms with E-state index in [9.17, 15) is 5.11 Å². The van der Waals surface area contributed by atoms with Crippen LogP contribution in [0.15, 0.2) is 60.7 Å². The third-order valence-electron chi connectivity index (χ3n) is 3.55. The van der Waals surface area contributed by atoms with Crippen LogP contribution < -0.4 is 0 Å². The molecule has 0 spiro atoms. The lowest BCUT2D eigenvalue weighted by Crippen LogP contribution is -2.27. The summed E-state index contributed by atoms with van der Waals surface area (Å²) in [5.41, 5.74) is 2.26. The number of benzene rings is 2. The van der Waals surface area contributed by atoms with E-state index in [0.717, 1.165) is 11.1 Å². The van der Waals surface area contributed by atoms with Gasteiger partial charge in [0, 0.05) is 5.92 Å². The topological polar surface area (TPSA) is 38.7 Å². The van der Waals surface area contributed by atoms with E-state index < -0.39 is 6.10 Å². The molecule has 0 radical (unpaired) electrons. The van der Waals surface area contributed by atoms with E-state index in [2.05, 4.69) is 0 Å². The molecule has 0 fully saturated rings. The first-order valence-electron chi connectivity index (χ1n) is 7.67. The van der Waals surface area contributed by atoms with E-state index in [-0.39, 0.29) is 5.92 Å². The van der Waals surface area contributed by atoms with Crippen LogP contribution >= 0.6 is 0 Å². The molecule has 0 unspecified atom stereocenters. The molecule has 2 rings (SSSR count). The van der Waals surface area contributed by atoms with Gasteiger partial charge in [0.25, 0.3) is 0 Å². The highest BCUT2D eigenvalue weighted by Crippen LogP contribution is 2.09. The zero-order valence-corrected chi connectivity index (χ0v) is 13.0. The number of aliphatic hydroxyl groups excluding tert-OH is 1. The fourth-order valence-corrected chi connectivity index (χ4v) is 2.08. The van der Waals surface area contributed by atoms with Crippen molar-refractivity contribution in [2.75, 3.05) is 13.2 Å². The molecule has 0 heterocycles. The van der Waals surface area contributed by atoms with E-state index in [0.29, 0.717) is 26.4 Å². The minimum absolute atomic E-state index is 0.0412. The van der Waals surface area contributed by atoms with Gasteiger partial charge in [-0.05, 0) is 11.1 Å². The number of aliphatic hydroxyl groups is 1. The molecule has 3 heteroatoms. The van der Waals surface area contributed by atoms with Crippen LogP contribution in [0.2, 0.25) is 0 Å². The molecule has 0 aliphatic rings. The Morgan fingerprint density at radius 2 is 1.23 bits per heavy atom. The highest BCUT2D eigenvalue weighted by atomic mass is 16.5. The molecule has 0 amide bonds. The van der Waals surface area contributed by atoms with Crippen molar-refractivity contribution in [2.24, 2.45) is 5.92 Å². The standard InChI is InChI=1S/C19H24O3/c1-16(12-21-13-17-8-4-2-5-9-17)19(20)15-22-14-18-10-6-3-7-11-18/h2-11,16,19-20H,12-15H2,1H3/t16-,19+/m1/s1. The lowest BCUT2D eigenvalue weighted by molar-refractivity contribution is -0.0264. The number of ether oxygens (including phenoxy) is 2. The smallest absolute Gasteiger partial charge is 0.0821 e. The van der Waals surface area contributed by atoms with Gasteiger partial charge in [-0.15, -0.1) is 0 Å². The third-order valence-corrected chi connectivity index (χ3v) is 3.55. The second-order valence-electron chi connectivity index (χ2n) is 5.55. The van der Waals surface area contributed by atoms with Gasteiger partial charge >= 0.3 is 0 Å². The molecule has 2 aromatic carbocycles. The van der Waals surface area contributed by atoms with E-state index in [4.69, 9.17) is 9.47 Å². The van der Waals surface area contributed by atoms with Crippen LogP contribution in [0.1, 0.15) is 18.1 Å². The molecule has 118 valence electrons. The third kappa shape index (κ3) is 5.98. The van der Waals surface area contributed by atoms with Gasteiger partial charge in [0.1, 0.15) is 0 Å². The maximum Gasteiger partial charge on any atom is 0.0821 e. The summed E-state index contributed by atoms with van der Waals surface area (Å²) in [6.07, 6.45) is -0.514. The van der Waals surface area contributed by atoms with E-state index in [1.54, 1.807) is 0 Å². The van der Waals surface area contributed by atoms with Crippen molar-refractivity contribution in [2.45, 2.75) is 26.2 Å². The first-order valence-corrected chi connectivity index (χ1v) is 7.67. The molecule has 22 heavy (non-hydrogen) atoms. The van der Waals surface area contributed by atoms with Crippen molar-refractivity contribution in [3.8, 4) is 0 Å². The summed E-state index contributed by atoms with van der Waals surface area (Å²) in [6, 6.07) is 20.0. The van der Waals surface area contributed by atoms with Crippen LogP contribution in [0, 0.1) is 5.92 Å². The van der Waals surface area contributed by atoms with Gasteiger partial charge in [-0.2, -0.15) is 0 Å². The van der Waals surface area contributed by atoms with Crippen LogP contribution in [0.4, 0.5) is 0 Å². The van der Waals surface area contributed by atoms with E-state index in [1.807, 2.05) is 67.6 Å². The van der Waals surface area contributed by atoms with Crippen LogP contribution in [-0.2, 0) is 22.7 Å². The molecule has 2 atom stereocenters. The average Bonchev–Trinajstić information content (AvgIpc) is 2.56. The summed E-state index contributed by atoms with van der Waals surface area (Å²) in [7, 11) is 0.